The molecule has 0 aliphatic carbocycles. The zero-order valence-corrected chi connectivity index (χ0v) is 37.3. The number of benzene rings is 5. The fraction of sp³-hybridized carbons (Fsp3) is 0.143. The second-order valence-corrected chi connectivity index (χ2v) is 15.8. The quantitative estimate of drug-likeness (QED) is 0.0630. The molecule has 5 aromatic carbocycles. The molecule has 14 nitrogen and oxygen atoms in total. The summed E-state index contributed by atoms with van der Waals surface area (Å²) >= 11 is 36.6. The molecule has 0 aliphatic rings. The summed E-state index contributed by atoms with van der Waals surface area (Å²) in [6, 6.07) is 17.3. The Morgan fingerprint density at radius 3 is 1.15 bits per heavy atom. The third kappa shape index (κ3) is 12.0. The molecule has 0 bridgehead atoms. The molecule has 318 valence electrons. The van der Waals surface area contributed by atoms with Gasteiger partial charge in [-0.05, 0) is 124 Å². The van der Waals surface area contributed by atoms with E-state index in [1.165, 1.54) is 86.6 Å². The summed E-state index contributed by atoms with van der Waals surface area (Å²) in [6.07, 6.45) is 0. The van der Waals surface area contributed by atoms with Gasteiger partial charge in [-0.25, -0.2) is 0 Å². The van der Waals surface area contributed by atoms with Gasteiger partial charge in [-0.2, -0.15) is 20.5 Å². The van der Waals surface area contributed by atoms with Crippen LogP contribution in [0.25, 0.3) is 0 Å². The van der Waals surface area contributed by atoms with E-state index in [0.717, 1.165) is 0 Å². The Labute approximate surface area is 384 Å². The van der Waals surface area contributed by atoms with Crippen LogP contribution in [-0.4, -0.2) is 47.3 Å². The molecular weight excluding hydrogens is 925 g/mol. The number of ketones is 2. The maximum absolute atomic E-state index is 13.4. The third-order valence-corrected chi connectivity index (χ3v) is 11.0. The minimum Gasteiger partial charge on any atom is -0.324 e. The van der Waals surface area contributed by atoms with Crippen LogP contribution in [0.3, 0.4) is 0 Å². The van der Waals surface area contributed by atoms with Crippen molar-refractivity contribution in [1.29, 1.82) is 0 Å². The van der Waals surface area contributed by atoms with Gasteiger partial charge in [0.05, 0.1) is 52.6 Å². The van der Waals surface area contributed by atoms with Gasteiger partial charge >= 0.3 is 0 Å². The minimum atomic E-state index is -1.58. The van der Waals surface area contributed by atoms with Crippen molar-refractivity contribution >= 4 is 139 Å². The molecule has 0 saturated heterocycles. The third-order valence-electron chi connectivity index (χ3n) is 8.89. The first kappa shape index (κ1) is 47.3. The summed E-state index contributed by atoms with van der Waals surface area (Å²) in [7, 11) is 0. The predicted molar refractivity (Wildman–Crippen MR) is 243 cm³/mol. The summed E-state index contributed by atoms with van der Waals surface area (Å²) in [4.78, 5) is 77.9. The normalized spacial score (nSPS) is 12.2. The lowest BCUT2D eigenvalue weighted by atomic mass is 10.0. The molecular formula is C42H32Cl6N8O6. The number of carbonyl (C=O) groups excluding carboxylic acids is 6. The van der Waals surface area contributed by atoms with Crippen molar-refractivity contribution in [3.8, 4) is 0 Å². The molecule has 0 aliphatic heterocycles. The minimum absolute atomic E-state index is 0.0355. The first-order valence-corrected chi connectivity index (χ1v) is 20.3. The van der Waals surface area contributed by atoms with Gasteiger partial charge in [0.15, 0.2) is 11.6 Å². The summed E-state index contributed by atoms with van der Waals surface area (Å²) in [5, 5.41) is 27.9. The highest BCUT2D eigenvalue weighted by molar-refractivity contribution is 6.43. The van der Waals surface area contributed by atoms with Crippen LogP contribution in [0.15, 0.2) is 105 Å². The van der Waals surface area contributed by atoms with Crippen LogP contribution in [0.2, 0.25) is 30.1 Å². The first-order chi connectivity index (χ1) is 29.3. The van der Waals surface area contributed by atoms with Crippen molar-refractivity contribution in [2.24, 2.45) is 20.5 Å². The van der Waals surface area contributed by atoms with Crippen LogP contribution in [0.5, 0.6) is 0 Å². The number of hydrogen-bond donors (Lipinski definition) is 4. The molecule has 0 aromatic heterocycles. The van der Waals surface area contributed by atoms with E-state index in [4.69, 9.17) is 69.6 Å². The summed E-state index contributed by atoms with van der Waals surface area (Å²) in [5.41, 5.74) is 2.67. The van der Waals surface area contributed by atoms with Crippen LogP contribution < -0.4 is 21.3 Å². The fourth-order valence-corrected chi connectivity index (χ4v) is 6.43. The highest BCUT2D eigenvalue weighted by atomic mass is 35.5. The van der Waals surface area contributed by atoms with Gasteiger partial charge in [0.25, 0.3) is 23.6 Å². The number of rotatable bonds is 14. The second kappa shape index (κ2) is 20.9. The average Bonchev–Trinajstić information content (AvgIpc) is 3.21. The van der Waals surface area contributed by atoms with E-state index in [-0.39, 0.29) is 42.6 Å². The van der Waals surface area contributed by atoms with Crippen molar-refractivity contribution in [2.75, 3.05) is 21.3 Å². The van der Waals surface area contributed by atoms with E-state index >= 15 is 0 Å². The SMILES string of the molecule is CC(=O)C(N=Nc1ccc(Cl)c(C(=O)Nc2ccc(Cl)c(Cl)c2)c1)C(=O)Nc1ccc(NC(=O)C(N=Nc2ccc(Cl)c(C(=O)Nc3ccc(Cl)c(Cl)c3)c2)C(C)=O)c(C)c1C. The number of amides is 4. The number of Topliss-reactive ketones (excluding diaryl/α,β-unsaturated/α-hetero) is 2. The molecule has 62 heavy (non-hydrogen) atoms. The van der Waals surface area contributed by atoms with Crippen LogP contribution in [0.4, 0.5) is 34.1 Å². The molecule has 4 amide bonds. The molecule has 2 unspecified atom stereocenters. The van der Waals surface area contributed by atoms with Crippen molar-refractivity contribution in [3.05, 3.63) is 137 Å². The predicted octanol–water partition coefficient (Wildman–Crippen LogP) is 12.1. The van der Waals surface area contributed by atoms with Gasteiger partial charge < -0.3 is 21.3 Å². The number of carbonyl (C=O) groups is 6. The van der Waals surface area contributed by atoms with Crippen LogP contribution in [0.1, 0.15) is 45.7 Å². The lowest BCUT2D eigenvalue weighted by Crippen LogP contribution is -2.33. The Morgan fingerprint density at radius 1 is 0.452 bits per heavy atom. The zero-order chi connectivity index (χ0) is 45.4. The van der Waals surface area contributed by atoms with E-state index in [0.29, 0.717) is 43.9 Å². The Kier molecular flexibility index (Phi) is 15.9. The van der Waals surface area contributed by atoms with Gasteiger partial charge in [0, 0.05) is 22.7 Å². The standard InChI is InChI=1S/C42H32Cl6N8O6/c1-19-20(2)36(52-42(62)38(22(4)58)56-54-26-8-10-30(44)28(16-26)40(60)50-24-6-12-32(46)34(48)18-24)14-13-35(19)51-41(61)37(21(3)57)55-53-25-7-9-29(43)27(15-25)39(59)49-23-5-11-31(45)33(47)17-23/h5-18,37-38H,1-4H3,(H,49,59)(H,50,60)(H,51,61)(H,52,62). The van der Waals surface area contributed by atoms with Gasteiger partial charge in [-0.3, -0.25) is 28.8 Å². The van der Waals surface area contributed by atoms with E-state index in [1.807, 2.05) is 0 Å². The van der Waals surface area contributed by atoms with E-state index in [1.54, 1.807) is 26.0 Å². The maximum Gasteiger partial charge on any atom is 0.258 e. The summed E-state index contributed by atoms with van der Waals surface area (Å²) in [5.74, 6) is -4.03. The van der Waals surface area contributed by atoms with E-state index in [2.05, 4.69) is 41.7 Å². The number of nitrogens with one attached hydrogen (secondary N) is 4. The molecule has 0 spiro atoms. The lowest BCUT2D eigenvalue weighted by molar-refractivity contribution is -0.127. The molecule has 2 atom stereocenters. The molecule has 0 heterocycles. The summed E-state index contributed by atoms with van der Waals surface area (Å²) in [6.45, 7) is 5.67. The van der Waals surface area contributed by atoms with Gasteiger partial charge in [-0.1, -0.05) is 69.6 Å². The summed E-state index contributed by atoms with van der Waals surface area (Å²) < 4.78 is 0. The van der Waals surface area contributed by atoms with Crippen LogP contribution in [-0.2, 0) is 19.2 Å². The molecule has 0 saturated carbocycles. The van der Waals surface area contributed by atoms with Crippen molar-refractivity contribution in [2.45, 2.75) is 39.8 Å². The molecule has 5 aromatic rings. The van der Waals surface area contributed by atoms with Crippen molar-refractivity contribution in [1.82, 2.24) is 0 Å². The first-order valence-electron chi connectivity index (χ1n) is 18.0. The Bertz CT molecular complexity index is 2530. The number of halogens is 6. The molecule has 4 N–H and O–H groups in total. The highest BCUT2D eigenvalue weighted by Crippen LogP contribution is 2.31. The number of azo groups is 2. The van der Waals surface area contributed by atoms with Crippen molar-refractivity contribution in [3.63, 3.8) is 0 Å². The van der Waals surface area contributed by atoms with Gasteiger partial charge in [0.1, 0.15) is 0 Å². The van der Waals surface area contributed by atoms with E-state index < -0.39 is 47.3 Å². The van der Waals surface area contributed by atoms with Crippen molar-refractivity contribution < 1.29 is 28.8 Å². The zero-order valence-electron chi connectivity index (χ0n) is 32.7. The molecule has 20 heteroatoms. The second-order valence-electron chi connectivity index (χ2n) is 13.3. The number of nitrogens with zero attached hydrogens (tertiary/aromatic N) is 4. The molecule has 0 fully saturated rings. The number of anilines is 4. The fourth-order valence-electron chi connectivity index (χ4n) is 5.42. The van der Waals surface area contributed by atoms with E-state index in [9.17, 15) is 28.8 Å². The monoisotopic (exact) mass is 954 g/mol. The van der Waals surface area contributed by atoms with Gasteiger partial charge in [-0.15, -0.1) is 0 Å². The topological polar surface area (TPSA) is 200 Å². The average molecular weight is 957 g/mol. The Morgan fingerprint density at radius 2 is 0.806 bits per heavy atom. The Hall–Kier alpha value is -5.74. The van der Waals surface area contributed by atoms with Gasteiger partial charge in [0.2, 0.25) is 12.1 Å². The lowest BCUT2D eigenvalue weighted by Gasteiger charge is -2.17. The van der Waals surface area contributed by atoms with Crippen LogP contribution >= 0.6 is 69.6 Å². The molecule has 5 rings (SSSR count). The molecule has 0 radical (unpaired) electrons. The van der Waals surface area contributed by atoms with Crippen LogP contribution in [0, 0.1) is 13.8 Å². The largest absolute Gasteiger partial charge is 0.324 e. The smallest absolute Gasteiger partial charge is 0.258 e. The highest BCUT2D eigenvalue weighted by Gasteiger charge is 2.27. The Balaban J connectivity index is 1.25. The number of hydrogen-bond acceptors (Lipinski definition) is 10. The maximum atomic E-state index is 13.4.